The fourth-order valence-electron chi connectivity index (χ4n) is 1.97. The number of carbonyl (C=O) groups is 1. The summed E-state index contributed by atoms with van der Waals surface area (Å²) < 4.78 is 7.16. The maximum Gasteiger partial charge on any atom is 0.305 e. The average Bonchev–Trinajstić information content (AvgIpc) is 2.77. The second-order valence-electron chi connectivity index (χ2n) is 4.34. The highest BCUT2D eigenvalue weighted by Crippen LogP contribution is 2.07. The largest absolute Gasteiger partial charge is 0.466 e. The molecule has 0 radical (unpaired) electrons. The van der Waals surface area contributed by atoms with Crippen molar-refractivity contribution in [3.05, 3.63) is 24.0 Å². The molecular weight excluding hydrogens is 228 g/mol. The van der Waals surface area contributed by atoms with Crippen molar-refractivity contribution in [3.63, 3.8) is 0 Å². The summed E-state index contributed by atoms with van der Waals surface area (Å²) in [6.07, 6.45) is 5.74. The van der Waals surface area contributed by atoms with E-state index in [9.17, 15) is 4.79 Å². The number of esters is 1. The monoisotopic (exact) mass is 252 g/mol. The molecule has 0 aliphatic heterocycles. The molecule has 0 fully saturated rings. The van der Waals surface area contributed by atoms with Crippen molar-refractivity contribution in [3.8, 4) is 0 Å². The predicted molar refractivity (Wildman–Crippen MR) is 72.3 cm³/mol. The van der Waals surface area contributed by atoms with E-state index < -0.39 is 0 Å². The summed E-state index contributed by atoms with van der Waals surface area (Å²) in [5, 5.41) is 3.16. The highest BCUT2D eigenvalue weighted by molar-refractivity contribution is 5.69. The van der Waals surface area contributed by atoms with Gasteiger partial charge in [-0.3, -0.25) is 4.79 Å². The third kappa shape index (κ3) is 5.36. The summed E-state index contributed by atoms with van der Waals surface area (Å²) in [6.45, 7) is 4.24. The van der Waals surface area contributed by atoms with Crippen LogP contribution in [-0.2, 0) is 22.6 Å². The van der Waals surface area contributed by atoms with Crippen LogP contribution in [0.4, 0.5) is 0 Å². The first-order valence-corrected chi connectivity index (χ1v) is 6.72. The molecular formula is C14H24N2O2. The number of carbonyl (C=O) groups excluding carboxylic acids is 1. The smallest absolute Gasteiger partial charge is 0.305 e. The minimum atomic E-state index is -0.0747. The number of nitrogens with one attached hydrogen (secondary N) is 1. The lowest BCUT2D eigenvalue weighted by Gasteiger charge is -2.08. The number of hydrogen-bond donors (Lipinski definition) is 1. The zero-order chi connectivity index (χ0) is 13.2. The molecule has 0 saturated carbocycles. The van der Waals surface area contributed by atoms with Gasteiger partial charge in [0.25, 0.3) is 0 Å². The Morgan fingerprint density at radius 3 is 2.94 bits per heavy atom. The van der Waals surface area contributed by atoms with Gasteiger partial charge >= 0.3 is 5.97 Å². The van der Waals surface area contributed by atoms with Crippen LogP contribution in [0.25, 0.3) is 0 Å². The van der Waals surface area contributed by atoms with Crippen LogP contribution in [0, 0.1) is 0 Å². The van der Waals surface area contributed by atoms with E-state index in [0.29, 0.717) is 13.0 Å². The molecule has 4 heteroatoms. The molecule has 1 N–H and O–H groups in total. The Bertz CT molecular complexity index is 347. The highest BCUT2D eigenvalue weighted by atomic mass is 16.5. The normalized spacial score (nSPS) is 10.6. The predicted octanol–water partition coefficient (Wildman–Crippen LogP) is 2.33. The summed E-state index contributed by atoms with van der Waals surface area (Å²) in [5.74, 6) is -0.0747. The Hall–Kier alpha value is -1.29. The first-order chi connectivity index (χ1) is 8.77. The second kappa shape index (κ2) is 8.75. The number of nitrogens with zero attached hydrogens (tertiary/aromatic N) is 1. The molecule has 1 heterocycles. The molecule has 0 bridgehead atoms. The van der Waals surface area contributed by atoms with Crippen molar-refractivity contribution in [2.45, 2.75) is 45.7 Å². The summed E-state index contributed by atoms with van der Waals surface area (Å²) in [7, 11) is 1.96. The lowest BCUT2D eigenvalue weighted by atomic mass is 10.2. The fourth-order valence-corrected chi connectivity index (χ4v) is 1.97. The number of rotatable bonds is 9. The second-order valence-corrected chi connectivity index (χ2v) is 4.34. The van der Waals surface area contributed by atoms with Crippen molar-refractivity contribution in [1.29, 1.82) is 0 Å². The van der Waals surface area contributed by atoms with Gasteiger partial charge in [-0.25, -0.2) is 0 Å². The number of ether oxygens (including phenoxy) is 1. The molecule has 0 aliphatic carbocycles. The number of unbranched alkanes of at least 4 members (excludes halogenated alkanes) is 2. The van der Waals surface area contributed by atoms with Crippen molar-refractivity contribution < 1.29 is 9.53 Å². The van der Waals surface area contributed by atoms with Gasteiger partial charge in [0.05, 0.1) is 6.61 Å². The van der Waals surface area contributed by atoms with Gasteiger partial charge in [0.1, 0.15) is 0 Å². The Morgan fingerprint density at radius 1 is 1.39 bits per heavy atom. The van der Waals surface area contributed by atoms with Crippen molar-refractivity contribution in [2.24, 2.45) is 0 Å². The first kappa shape index (κ1) is 14.8. The van der Waals surface area contributed by atoms with Crippen LogP contribution in [0.5, 0.6) is 0 Å². The summed E-state index contributed by atoms with van der Waals surface area (Å²) in [6, 6.07) is 4.21. The molecule has 4 nitrogen and oxygen atoms in total. The lowest BCUT2D eigenvalue weighted by molar-refractivity contribution is -0.143. The average molecular weight is 252 g/mol. The van der Waals surface area contributed by atoms with Gasteiger partial charge in [-0.2, -0.15) is 0 Å². The summed E-state index contributed by atoms with van der Waals surface area (Å²) >= 11 is 0. The van der Waals surface area contributed by atoms with E-state index >= 15 is 0 Å². The van der Waals surface area contributed by atoms with E-state index in [0.717, 1.165) is 32.4 Å². The molecule has 1 aromatic rings. The van der Waals surface area contributed by atoms with Gasteiger partial charge in [0.15, 0.2) is 0 Å². The van der Waals surface area contributed by atoms with Crippen molar-refractivity contribution in [1.82, 2.24) is 9.88 Å². The van der Waals surface area contributed by atoms with Crippen LogP contribution in [-0.4, -0.2) is 24.2 Å². The molecule has 0 aromatic carbocycles. The zero-order valence-corrected chi connectivity index (χ0v) is 11.4. The van der Waals surface area contributed by atoms with Crippen LogP contribution in [0.3, 0.4) is 0 Å². The third-order valence-corrected chi connectivity index (χ3v) is 2.87. The van der Waals surface area contributed by atoms with Crippen LogP contribution < -0.4 is 5.32 Å². The standard InChI is InChI=1S/C14H24N2O2/c1-3-18-14(17)9-5-4-6-10-16-11-7-8-13(16)12-15-2/h7-8,11,15H,3-6,9-10,12H2,1-2H3. The first-order valence-electron chi connectivity index (χ1n) is 6.72. The van der Waals surface area contributed by atoms with Crippen molar-refractivity contribution >= 4 is 5.97 Å². The maximum absolute atomic E-state index is 11.1. The zero-order valence-electron chi connectivity index (χ0n) is 11.4. The Labute approximate surface area is 109 Å². The van der Waals surface area contributed by atoms with E-state index in [1.54, 1.807) is 0 Å². The number of aryl methyl sites for hydroxylation is 1. The minimum absolute atomic E-state index is 0.0747. The molecule has 0 atom stereocenters. The van der Waals surface area contributed by atoms with Crippen LogP contribution in [0.15, 0.2) is 18.3 Å². The Morgan fingerprint density at radius 2 is 2.22 bits per heavy atom. The van der Waals surface area contributed by atoms with Gasteiger partial charge in [0, 0.05) is 31.4 Å². The molecule has 0 amide bonds. The highest BCUT2D eigenvalue weighted by Gasteiger charge is 2.02. The van der Waals surface area contributed by atoms with E-state index in [-0.39, 0.29) is 5.97 Å². The van der Waals surface area contributed by atoms with Crippen LogP contribution >= 0.6 is 0 Å². The Kier molecular flexibility index (Phi) is 7.18. The molecule has 0 unspecified atom stereocenters. The molecule has 102 valence electrons. The van der Waals surface area contributed by atoms with Crippen LogP contribution in [0.1, 0.15) is 38.3 Å². The topological polar surface area (TPSA) is 43.3 Å². The van der Waals surface area contributed by atoms with Crippen LogP contribution in [0.2, 0.25) is 0 Å². The van der Waals surface area contributed by atoms with Gasteiger partial charge in [-0.15, -0.1) is 0 Å². The quantitative estimate of drug-likeness (QED) is 0.542. The minimum Gasteiger partial charge on any atom is -0.466 e. The molecule has 0 spiro atoms. The van der Waals surface area contributed by atoms with E-state index in [4.69, 9.17) is 4.74 Å². The van der Waals surface area contributed by atoms with Gasteiger partial charge in [-0.05, 0) is 38.9 Å². The molecule has 0 saturated heterocycles. The van der Waals surface area contributed by atoms with E-state index in [1.807, 2.05) is 14.0 Å². The molecule has 18 heavy (non-hydrogen) atoms. The van der Waals surface area contributed by atoms with E-state index in [1.165, 1.54) is 5.69 Å². The van der Waals surface area contributed by atoms with Gasteiger partial charge in [-0.1, -0.05) is 6.42 Å². The SMILES string of the molecule is CCOC(=O)CCCCCn1cccc1CNC. The Balaban J connectivity index is 2.14. The van der Waals surface area contributed by atoms with Crippen molar-refractivity contribution in [2.75, 3.05) is 13.7 Å². The van der Waals surface area contributed by atoms with Gasteiger partial charge in [0.2, 0.25) is 0 Å². The number of aromatic nitrogens is 1. The lowest BCUT2D eigenvalue weighted by Crippen LogP contribution is -2.11. The molecule has 1 rings (SSSR count). The third-order valence-electron chi connectivity index (χ3n) is 2.87. The molecule has 1 aromatic heterocycles. The summed E-state index contributed by atoms with van der Waals surface area (Å²) in [5.41, 5.74) is 1.31. The fraction of sp³-hybridized carbons (Fsp3) is 0.643. The summed E-state index contributed by atoms with van der Waals surface area (Å²) in [4.78, 5) is 11.1. The number of hydrogen-bond acceptors (Lipinski definition) is 3. The molecule has 0 aliphatic rings. The maximum atomic E-state index is 11.1. The van der Waals surface area contributed by atoms with Gasteiger partial charge < -0.3 is 14.6 Å². The van der Waals surface area contributed by atoms with E-state index in [2.05, 4.69) is 28.2 Å².